The van der Waals surface area contributed by atoms with Gasteiger partial charge in [-0.15, -0.1) is 0 Å². The standard InChI is InChI=1S/C16H23BrN2O2/c1-6-12(9-18)21-15-13(17)7-11(8-14(15)20-5)10-19-16(2,3)4/h7-8,12,19H,6,10H2,1-5H3. The van der Waals surface area contributed by atoms with Crippen LogP contribution in [0.4, 0.5) is 0 Å². The monoisotopic (exact) mass is 354 g/mol. The highest BCUT2D eigenvalue weighted by molar-refractivity contribution is 9.10. The topological polar surface area (TPSA) is 54.3 Å². The third kappa shape index (κ3) is 5.56. The van der Waals surface area contributed by atoms with Crippen LogP contribution in [0.25, 0.3) is 0 Å². The Morgan fingerprint density at radius 3 is 2.52 bits per heavy atom. The molecule has 0 radical (unpaired) electrons. The van der Waals surface area contributed by atoms with Crippen LogP contribution < -0.4 is 14.8 Å². The minimum Gasteiger partial charge on any atom is -0.493 e. The Labute approximate surface area is 135 Å². The number of halogens is 1. The second-order valence-electron chi connectivity index (χ2n) is 5.86. The maximum absolute atomic E-state index is 9.03. The quantitative estimate of drug-likeness (QED) is 0.837. The Kier molecular flexibility index (Phi) is 6.50. The number of hydrogen-bond acceptors (Lipinski definition) is 4. The first kappa shape index (κ1) is 17.8. The Morgan fingerprint density at radius 1 is 1.38 bits per heavy atom. The molecule has 116 valence electrons. The number of ether oxygens (including phenoxy) is 2. The maximum Gasteiger partial charge on any atom is 0.184 e. The van der Waals surface area contributed by atoms with Gasteiger partial charge in [0.05, 0.1) is 11.6 Å². The second-order valence-corrected chi connectivity index (χ2v) is 6.71. The zero-order chi connectivity index (χ0) is 16.0. The number of nitriles is 1. The van der Waals surface area contributed by atoms with Crippen molar-refractivity contribution in [3.63, 3.8) is 0 Å². The number of rotatable bonds is 6. The van der Waals surface area contributed by atoms with Gasteiger partial charge < -0.3 is 14.8 Å². The third-order valence-electron chi connectivity index (χ3n) is 2.89. The molecule has 4 nitrogen and oxygen atoms in total. The largest absolute Gasteiger partial charge is 0.493 e. The molecule has 21 heavy (non-hydrogen) atoms. The Bertz CT molecular complexity index is 518. The van der Waals surface area contributed by atoms with E-state index in [1.54, 1.807) is 7.11 Å². The molecule has 0 fully saturated rings. The van der Waals surface area contributed by atoms with Crippen LogP contribution in [0.3, 0.4) is 0 Å². The van der Waals surface area contributed by atoms with Crippen LogP contribution in [-0.2, 0) is 6.54 Å². The molecule has 0 aliphatic carbocycles. The van der Waals surface area contributed by atoms with Crippen molar-refractivity contribution < 1.29 is 9.47 Å². The molecular formula is C16H23BrN2O2. The first-order chi connectivity index (χ1) is 9.80. The molecule has 1 aromatic carbocycles. The summed E-state index contributed by atoms with van der Waals surface area (Å²) < 4.78 is 11.9. The van der Waals surface area contributed by atoms with Gasteiger partial charge in [-0.25, -0.2) is 0 Å². The summed E-state index contributed by atoms with van der Waals surface area (Å²) in [6.45, 7) is 9.00. The fourth-order valence-corrected chi connectivity index (χ4v) is 2.28. The fourth-order valence-electron chi connectivity index (χ4n) is 1.70. The van der Waals surface area contributed by atoms with E-state index in [0.29, 0.717) is 17.9 Å². The van der Waals surface area contributed by atoms with Crippen LogP contribution in [0.2, 0.25) is 0 Å². The molecule has 1 aromatic rings. The van der Waals surface area contributed by atoms with Gasteiger partial charge in [-0.3, -0.25) is 0 Å². The molecule has 0 amide bonds. The molecule has 1 unspecified atom stereocenters. The number of nitrogens with one attached hydrogen (secondary N) is 1. The van der Waals surface area contributed by atoms with Gasteiger partial charge in [0.1, 0.15) is 6.07 Å². The number of methoxy groups -OCH3 is 1. The van der Waals surface area contributed by atoms with Crippen molar-refractivity contribution in [2.24, 2.45) is 0 Å². The number of nitrogens with zero attached hydrogens (tertiary/aromatic N) is 1. The van der Waals surface area contributed by atoms with Crippen molar-refractivity contribution >= 4 is 15.9 Å². The lowest BCUT2D eigenvalue weighted by Gasteiger charge is -2.22. The summed E-state index contributed by atoms with van der Waals surface area (Å²) in [6, 6.07) is 6.05. The first-order valence-electron chi connectivity index (χ1n) is 6.98. The molecule has 0 aliphatic heterocycles. The summed E-state index contributed by atoms with van der Waals surface area (Å²) in [6.07, 6.45) is 0.146. The van der Waals surface area contributed by atoms with Gasteiger partial charge in [0, 0.05) is 12.1 Å². The van der Waals surface area contributed by atoms with Crippen LogP contribution in [0.5, 0.6) is 11.5 Å². The summed E-state index contributed by atoms with van der Waals surface area (Å²) in [4.78, 5) is 0. The zero-order valence-corrected chi connectivity index (χ0v) is 14.9. The lowest BCUT2D eigenvalue weighted by Crippen LogP contribution is -2.35. The third-order valence-corrected chi connectivity index (χ3v) is 3.48. The summed E-state index contributed by atoms with van der Waals surface area (Å²) in [5, 5.41) is 12.5. The average Bonchev–Trinajstić information content (AvgIpc) is 2.42. The molecule has 0 bridgehead atoms. The molecule has 1 N–H and O–H groups in total. The minimum atomic E-state index is -0.478. The second kappa shape index (κ2) is 7.67. The lowest BCUT2D eigenvalue weighted by atomic mass is 10.1. The van der Waals surface area contributed by atoms with E-state index in [1.165, 1.54) is 0 Å². The highest BCUT2D eigenvalue weighted by atomic mass is 79.9. The van der Waals surface area contributed by atoms with Gasteiger partial charge in [0.2, 0.25) is 0 Å². The number of hydrogen-bond donors (Lipinski definition) is 1. The molecule has 0 heterocycles. The van der Waals surface area contributed by atoms with Crippen molar-refractivity contribution in [1.82, 2.24) is 5.32 Å². The van der Waals surface area contributed by atoms with Gasteiger partial charge in [-0.2, -0.15) is 5.26 Å². The average molecular weight is 355 g/mol. The van der Waals surface area contributed by atoms with Gasteiger partial charge in [0.15, 0.2) is 17.6 Å². The van der Waals surface area contributed by atoms with E-state index in [0.717, 1.165) is 16.6 Å². The highest BCUT2D eigenvalue weighted by Crippen LogP contribution is 2.37. The van der Waals surface area contributed by atoms with Crippen LogP contribution in [-0.4, -0.2) is 18.8 Å². The van der Waals surface area contributed by atoms with Crippen molar-refractivity contribution in [3.05, 3.63) is 22.2 Å². The van der Waals surface area contributed by atoms with E-state index in [2.05, 4.69) is 48.1 Å². The molecule has 0 saturated heterocycles. The van der Waals surface area contributed by atoms with Crippen molar-refractivity contribution in [3.8, 4) is 17.6 Å². The van der Waals surface area contributed by atoms with E-state index in [9.17, 15) is 0 Å². The zero-order valence-electron chi connectivity index (χ0n) is 13.3. The normalized spacial score (nSPS) is 12.6. The number of benzene rings is 1. The first-order valence-corrected chi connectivity index (χ1v) is 7.77. The predicted molar refractivity (Wildman–Crippen MR) is 87.6 cm³/mol. The van der Waals surface area contributed by atoms with E-state index < -0.39 is 6.10 Å². The Balaban J connectivity index is 3.00. The molecule has 1 rings (SSSR count). The van der Waals surface area contributed by atoms with Gasteiger partial charge in [-0.1, -0.05) is 6.92 Å². The van der Waals surface area contributed by atoms with Gasteiger partial charge >= 0.3 is 0 Å². The summed E-state index contributed by atoms with van der Waals surface area (Å²) in [5.74, 6) is 1.20. The molecule has 0 saturated carbocycles. The highest BCUT2D eigenvalue weighted by Gasteiger charge is 2.17. The van der Waals surface area contributed by atoms with E-state index in [4.69, 9.17) is 14.7 Å². The van der Waals surface area contributed by atoms with Crippen molar-refractivity contribution in [2.75, 3.05) is 7.11 Å². The van der Waals surface area contributed by atoms with E-state index in [1.807, 2.05) is 19.1 Å². The molecule has 0 aromatic heterocycles. The molecule has 0 spiro atoms. The van der Waals surface area contributed by atoms with Gasteiger partial charge in [-0.05, 0) is 60.8 Å². The van der Waals surface area contributed by atoms with Crippen LogP contribution in [0.1, 0.15) is 39.7 Å². The summed E-state index contributed by atoms with van der Waals surface area (Å²) in [5.41, 5.74) is 1.13. The summed E-state index contributed by atoms with van der Waals surface area (Å²) in [7, 11) is 1.60. The Morgan fingerprint density at radius 2 is 2.05 bits per heavy atom. The Hall–Kier alpha value is -1.25. The van der Waals surface area contributed by atoms with Crippen LogP contribution >= 0.6 is 15.9 Å². The molecular weight excluding hydrogens is 332 g/mol. The van der Waals surface area contributed by atoms with E-state index in [-0.39, 0.29) is 5.54 Å². The van der Waals surface area contributed by atoms with Crippen molar-refractivity contribution in [1.29, 1.82) is 5.26 Å². The molecule has 1 atom stereocenters. The molecule has 5 heteroatoms. The smallest absolute Gasteiger partial charge is 0.184 e. The van der Waals surface area contributed by atoms with Crippen LogP contribution in [0.15, 0.2) is 16.6 Å². The molecule has 0 aliphatic rings. The summed E-state index contributed by atoms with van der Waals surface area (Å²) >= 11 is 3.50. The SMILES string of the molecule is CCC(C#N)Oc1c(Br)cc(CNC(C)(C)C)cc1OC. The fraction of sp³-hybridized carbons (Fsp3) is 0.562. The predicted octanol–water partition coefficient (Wildman–Crippen LogP) is 4.03. The van der Waals surface area contributed by atoms with Gasteiger partial charge in [0.25, 0.3) is 0 Å². The maximum atomic E-state index is 9.03. The minimum absolute atomic E-state index is 0.0446. The van der Waals surface area contributed by atoms with Crippen LogP contribution in [0, 0.1) is 11.3 Å². The lowest BCUT2D eigenvalue weighted by molar-refractivity contribution is 0.237. The van der Waals surface area contributed by atoms with Crippen molar-refractivity contribution in [2.45, 2.75) is 52.3 Å². The van der Waals surface area contributed by atoms with E-state index >= 15 is 0 Å².